The average molecular weight is 404 g/mol. The summed E-state index contributed by atoms with van der Waals surface area (Å²) in [7, 11) is 0. The summed E-state index contributed by atoms with van der Waals surface area (Å²) in [6.45, 7) is 2.32. The minimum absolute atomic E-state index is 0.0834. The molecule has 1 aliphatic carbocycles. The Labute approximate surface area is 169 Å². The molecule has 0 radical (unpaired) electrons. The molecule has 0 bridgehead atoms. The predicted molar refractivity (Wildman–Crippen MR) is 107 cm³/mol. The van der Waals surface area contributed by atoms with Crippen molar-refractivity contribution in [3.63, 3.8) is 0 Å². The molecule has 3 rings (SSSR count). The fraction of sp³-hybridized carbons (Fsp3) is 0.364. The Bertz CT molecular complexity index is 869. The first-order chi connectivity index (χ1) is 13.5. The second-order valence-electron chi connectivity index (χ2n) is 6.76. The molecule has 0 saturated carbocycles. The van der Waals surface area contributed by atoms with Crippen LogP contribution in [-0.2, 0) is 16.1 Å². The number of benzene rings is 1. The standard InChI is InChI=1S/C22H23ClFNO3/c1-2-27-22(26)12-15-6-8-16(9-7-15)20-4-3-5-21(25-20)28-14-17-10-11-18(23)13-19(17)24/h3-5,8,10-11,13,15H,2,6-7,9,12,14H2,1H3. The molecule has 6 heteroatoms. The first kappa shape index (κ1) is 20.3. The lowest BCUT2D eigenvalue weighted by Gasteiger charge is -2.21. The second kappa shape index (κ2) is 9.69. The highest BCUT2D eigenvalue weighted by Crippen LogP contribution is 2.32. The topological polar surface area (TPSA) is 48.4 Å². The quantitative estimate of drug-likeness (QED) is 0.565. The molecule has 1 aromatic carbocycles. The zero-order valence-corrected chi connectivity index (χ0v) is 16.5. The summed E-state index contributed by atoms with van der Waals surface area (Å²) in [6.07, 6.45) is 5.20. The molecule has 4 nitrogen and oxygen atoms in total. The van der Waals surface area contributed by atoms with Gasteiger partial charge in [0.1, 0.15) is 12.4 Å². The lowest BCUT2D eigenvalue weighted by Crippen LogP contribution is -2.14. The van der Waals surface area contributed by atoms with Crippen molar-refractivity contribution in [3.8, 4) is 5.88 Å². The maximum atomic E-state index is 13.9. The Morgan fingerprint density at radius 1 is 1.32 bits per heavy atom. The van der Waals surface area contributed by atoms with E-state index in [0.717, 1.165) is 30.5 Å². The molecule has 0 saturated heterocycles. The number of rotatable bonds is 7. The molecule has 0 N–H and O–H groups in total. The Kier molecular flexibility index (Phi) is 7.04. The van der Waals surface area contributed by atoms with Crippen LogP contribution in [0.3, 0.4) is 0 Å². The van der Waals surface area contributed by atoms with Crippen molar-refractivity contribution in [1.29, 1.82) is 0 Å². The summed E-state index contributed by atoms with van der Waals surface area (Å²) >= 11 is 5.77. The van der Waals surface area contributed by atoms with E-state index >= 15 is 0 Å². The third kappa shape index (κ3) is 5.55. The molecule has 28 heavy (non-hydrogen) atoms. The maximum Gasteiger partial charge on any atom is 0.306 e. The Morgan fingerprint density at radius 3 is 2.89 bits per heavy atom. The molecule has 1 heterocycles. The number of hydrogen-bond donors (Lipinski definition) is 0. The second-order valence-corrected chi connectivity index (χ2v) is 7.20. The van der Waals surface area contributed by atoms with Crippen LogP contribution in [0.2, 0.25) is 5.02 Å². The molecular formula is C22H23ClFNO3. The van der Waals surface area contributed by atoms with Crippen LogP contribution >= 0.6 is 11.6 Å². The van der Waals surface area contributed by atoms with Gasteiger partial charge in [-0.1, -0.05) is 29.8 Å². The van der Waals surface area contributed by atoms with Gasteiger partial charge < -0.3 is 9.47 Å². The summed E-state index contributed by atoms with van der Waals surface area (Å²) < 4.78 is 24.6. The van der Waals surface area contributed by atoms with Crippen molar-refractivity contribution >= 4 is 23.1 Å². The summed E-state index contributed by atoms with van der Waals surface area (Å²) in [5.41, 5.74) is 2.42. The van der Waals surface area contributed by atoms with Crippen LogP contribution in [0.15, 0.2) is 42.5 Å². The molecule has 2 aromatic rings. The lowest BCUT2D eigenvalue weighted by atomic mass is 9.86. The first-order valence-corrected chi connectivity index (χ1v) is 9.81. The predicted octanol–water partition coefficient (Wildman–Crippen LogP) is 5.59. The fourth-order valence-electron chi connectivity index (χ4n) is 3.23. The van der Waals surface area contributed by atoms with E-state index in [2.05, 4.69) is 11.1 Å². The van der Waals surface area contributed by atoms with Gasteiger partial charge in [0.05, 0.1) is 12.3 Å². The summed E-state index contributed by atoms with van der Waals surface area (Å²) in [4.78, 5) is 16.2. The molecule has 0 amide bonds. The van der Waals surface area contributed by atoms with Crippen LogP contribution < -0.4 is 4.74 Å². The number of halogens is 2. The van der Waals surface area contributed by atoms with Gasteiger partial charge in [-0.05, 0) is 55.9 Å². The maximum absolute atomic E-state index is 13.9. The van der Waals surface area contributed by atoms with Crippen LogP contribution in [-0.4, -0.2) is 17.6 Å². The van der Waals surface area contributed by atoms with Crippen molar-refractivity contribution in [2.45, 2.75) is 39.2 Å². The molecule has 0 fully saturated rings. The van der Waals surface area contributed by atoms with Crippen molar-refractivity contribution in [3.05, 3.63) is 64.6 Å². The molecule has 0 aliphatic heterocycles. The van der Waals surface area contributed by atoms with E-state index in [-0.39, 0.29) is 12.6 Å². The van der Waals surface area contributed by atoms with E-state index in [9.17, 15) is 9.18 Å². The summed E-state index contributed by atoms with van der Waals surface area (Å²) in [5.74, 6) is 0.232. The highest BCUT2D eigenvalue weighted by atomic mass is 35.5. The van der Waals surface area contributed by atoms with Gasteiger partial charge in [0, 0.05) is 23.1 Å². The average Bonchev–Trinajstić information content (AvgIpc) is 2.68. The van der Waals surface area contributed by atoms with E-state index in [0.29, 0.717) is 35.4 Å². The number of nitrogens with zero attached hydrogens (tertiary/aromatic N) is 1. The molecule has 1 aromatic heterocycles. The van der Waals surface area contributed by atoms with Crippen molar-refractivity contribution < 1.29 is 18.7 Å². The summed E-state index contributed by atoms with van der Waals surface area (Å²) in [6, 6.07) is 10.1. The zero-order valence-electron chi connectivity index (χ0n) is 15.8. The molecular weight excluding hydrogens is 381 g/mol. The molecule has 148 valence electrons. The monoisotopic (exact) mass is 403 g/mol. The van der Waals surface area contributed by atoms with E-state index in [1.54, 1.807) is 18.2 Å². The van der Waals surface area contributed by atoms with Crippen LogP contribution in [0.5, 0.6) is 5.88 Å². The zero-order chi connectivity index (χ0) is 19.9. The number of allylic oxidation sites excluding steroid dienone is 2. The largest absolute Gasteiger partial charge is 0.473 e. The number of esters is 1. The number of carbonyl (C=O) groups is 1. The Morgan fingerprint density at radius 2 is 2.18 bits per heavy atom. The smallest absolute Gasteiger partial charge is 0.306 e. The van der Waals surface area contributed by atoms with Crippen LogP contribution in [0.4, 0.5) is 4.39 Å². The molecule has 1 aliphatic rings. The number of aromatic nitrogens is 1. The molecule has 1 atom stereocenters. The van der Waals surface area contributed by atoms with Crippen molar-refractivity contribution in [1.82, 2.24) is 4.98 Å². The number of pyridine rings is 1. The molecule has 1 unspecified atom stereocenters. The highest BCUT2D eigenvalue weighted by molar-refractivity contribution is 6.30. The minimum atomic E-state index is -0.397. The van der Waals surface area contributed by atoms with Gasteiger partial charge in [-0.3, -0.25) is 4.79 Å². The third-order valence-corrected chi connectivity index (χ3v) is 4.96. The van der Waals surface area contributed by atoms with Gasteiger partial charge >= 0.3 is 5.97 Å². The fourth-order valence-corrected chi connectivity index (χ4v) is 3.39. The molecule has 0 spiro atoms. The van der Waals surface area contributed by atoms with Crippen molar-refractivity contribution in [2.24, 2.45) is 5.92 Å². The van der Waals surface area contributed by atoms with Crippen LogP contribution in [0.1, 0.15) is 43.9 Å². The Balaban J connectivity index is 1.60. The summed E-state index contributed by atoms with van der Waals surface area (Å²) in [5, 5.41) is 0.354. The van der Waals surface area contributed by atoms with Gasteiger partial charge in [0.25, 0.3) is 0 Å². The van der Waals surface area contributed by atoms with E-state index in [1.165, 1.54) is 6.07 Å². The van der Waals surface area contributed by atoms with Crippen molar-refractivity contribution in [2.75, 3.05) is 6.61 Å². The van der Waals surface area contributed by atoms with E-state index < -0.39 is 5.82 Å². The number of hydrogen-bond acceptors (Lipinski definition) is 4. The minimum Gasteiger partial charge on any atom is -0.473 e. The first-order valence-electron chi connectivity index (χ1n) is 9.44. The van der Waals surface area contributed by atoms with Gasteiger partial charge in [0.2, 0.25) is 5.88 Å². The highest BCUT2D eigenvalue weighted by Gasteiger charge is 2.19. The van der Waals surface area contributed by atoms with E-state index in [4.69, 9.17) is 21.1 Å². The third-order valence-electron chi connectivity index (χ3n) is 4.72. The Hall–Kier alpha value is -2.40. The SMILES string of the molecule is CCOC(=O)CC1CC=C(c2cccc(OCc3ccc(Cl)cc3F)n2)CC1. The number of ether oxygens (including phenoxy) is 2. The van der Waals surface area contributed by atoms with Crippen LogP contribution in [0, 0.1) is 11.7 Å². The van der Waals surface area contributed by atoms with Crippen LogP contribution in [0.25, 0.3) is 5.57 Å². The van der Waals surface area contributed by atoms with Gasteiger partial charge in [-0.25, -0.2) is 9.37 Å². The number of carbonyl (C=O) groups excluding carboxylic acids is 1. The van der Waals surface area contributed by atoms with E-state index in [1.807, 2.05) is 19.1 Å². The normalized spacial score (nSPS) is 16.4. The van der Waals surface area contributed by atoms with Gasteiger partial charge in [0.15, 0.2) is 0 Å². The lowest BCUT2D eigenvalue weighted by molar-refractivity contribution is -0.144. The van der Waals surface area contributed by atoms with Gasteiger partial charge in [-0.15, -0.1) is 0 Å². The van der Waals surface area contributed by atoms with Gasteiger partial charge in [-0.2, -0.15) is 0 Å².